The Bertz CT molecular complexity index is 223. The summed E-state index contributed by atoms with van der Waals surface area (Å²) in [5.74, 6) is 0.808. The number of rotatable bonds is 6. The van der Waals surface area contributed by atoms with Crippen molar-refractivity contribution in [1.82, 2.24) is 10.2 Å². The van der Waals surface area contributed by atoms with Crippen LogP contribution in [0, 0.1) is 5.92 Å². The summed E-state index contributed by atoms with van der Waals surface area (Å²) in [5, 5.41) is 3.23. The molecule has 0 aromatic heterocycles. The SMILES string of the molecule is CCC(CC)CN(CC)C(=O)C1COCCN1. The Hall–Kier alpha value is -0.610. The molecule has 0 bridgehead atoms. The first-order valence-corrected chi connectivity index (χ1v) is 6.82. The zero-order valence-corrected chi connectivity index (χ0v) is 11.4. The highest BCUT2D eigenvalue weighted by atomic mass is 16.5. The van der Waals surface area contributed by atoms with E-state index in [0.717, 1.165) is 32.5 Å². The van der Waals surface area contributed by atoms with Crippen molar-refractivity contribution in [3.8, 4) is 0 Å². The first-order chi connectivity index (χ1) is 8.22. The van der Waals surface area contributed by atoms with Crippen molar-refractivity contribution in [2.45, 2.75) is 39.7 Å². The number of nitrogens with one attached hydrogen (secondary N) is 1. The number of carbonyl (C=O) groups excluding carboxylic acids is 1. The summed E-state index contributed by atoms with van der Waals surface area (Å²) in [7, 11) is 0. The van der Waals surface area contributed by atoms with Gasteiger partial charge >= 0.3 is 0 Å². The summed E-state index contributed by atoms with van der Waals surface area (Å²) in [5.41, 5.74) is 0. The van der Waals surface area contributed by atoms with Gasteiger partial charge in [0.2, 0.25) is 5.91 Å². The van der Waals surface area contributed by atoms with Crippen LogP contribution in [0.4, 0.5) is 0 Å². The molecule has 1 heterocycles. The van der Waals surface area contributed by atoms with Crippen molar-refractivity contribution in [3.05, 3.63) is 0 Å². The maximum atomic E-state index is 12.3. The van der Waals surface area contributed by atoms with Crippen LogP contribution >= 0.6 is 0 Å². The number of ether oxygens (including phenoxy) is 1. The summed E-state index contributed by atoms with van der Waals surface area (Å²) in [6.07, 6.45) is 2.27. The van der Waals surface area contributed by atoms with Crippen LogP contribution in [0.2, 0.25) is 0 Å². The third-order valence-corrected chi connectivity index (χ3v) is 3.55. The third-order valence-electron chi connectivity index (χ3n) is 3.55. The number of nitrogens with zero attached hydrogens (tertiary/aromatic N) is 1. The van der Waals surface area contributed by atoms with Crippen molar-refractivity contribution >= 4 is 5.91 Å². The number of likely N-dealkylation sites (N-methyl/N-ethyl adjacent to an activating group) is 1. The van der Waals surface area contributed by atoms with Crippen LogP contribution in [0.3, 0.4) is 0 Å². The molecule has 1 aliphatic heterocycles. The zero-order chi connectivity index (χ0) is 12.7. The molecule has 1 amide bonds. The molecule has 1 N–H and O–H groups in total. The van der Waals surface area contributed by atoms with Gasteiger partial charge in [-0.3, -0.25) is 4.79 Å². The molecule has 0 spiro atoms. The minimum absolute atomic E-state index is 0.141. The fourth-order valence-electron chi connectivity index (χ4n) is 2.18. The van der Waals surface area contributed by atoms with Gasteiger partial charge in [-0.05, 0) is 12.8 Å². The van der Waals surface area contributed by atoms with Crippen molar-refractivity contribution < 1.29 is 9.53 Å². The summed E-state index contributed by atoms with van der Waals surface area (Å²) in [6, 6.07) is -0.141. The standard InChI is InChI=1S/C13H26N2O2/c1-4-11(5-2)9-15(6-3)13(16)12-10-17-8-7-14-12/h11-12,14H,4-10H2,1-3H3. The van der Waals surface area contributed by atoms with E-state index in [4.69, 9.17) is 4.74 Å². The lowest BCUT2D eigenvalue weighted by molar-refractivity contribution is -0.136. The quantitative estimate of drug-likeness (QED) is 0.762. The first-order valence-electron chi connectivity index (χ1n) is 6.82. The highest BCUT2D eigenvalue weighted by molar-refractivity contribution is 5.82. The Labute approximate surface area is 105 Å². The van der Waals surface area contributed by atoms with Crippen LogP contribution in [-0.4, -0.2) is 49.7 Å². The largest absolute Gasteiger partial charge is 0.378 e. The molecule has 4 heteroatoms. The monoisotopic (exact) mass is 242 g/mol. The third kappa shape index (κ3) is 4.28. The molecular weight excluding hydrogens is 216 g/mol. The topological polar surface area (TPSA) is 41.6 Å². The Kier molecular flexibility index (Phi) is 6.52. The van der Waals surface area contributed by atoms with Gasteiger partial charge in [0, 0.05) is 19.6 Å². The van der Waals surface area contributed by atoms with E-state index >= 15 is 0 Å². The predicted molar refractivity (Wildman–Crippen MR) is 68.9 cm³/mol. The zero-order valence-electron chi connectivity index (χ0n) is 11.4. The van der Waals surface area contributed by atoms with Crippen molar-refractivity contribution in [2.75, 3.05) is 32.8 Å². The molecular formula is C13H26N2O2. The molecule has 0 aromatic carbocycles. The lowest BCUT2D eigenvalue weighted by atomic mass is 10.0. The molecule has 1 rings (SSSR count). The van der Waals surface area contributed by atoms with Crippen LogP contribution < -0.4 is 5.32 Å². The Balaban J connectivity index is 2.50. The van der Waals surface area contributed by atoms with Gasteiger partial charge in [-0.1, -0.05) is 26.7 Å². The Morgan fingerprint density at radius 2 is 2.12 bits per heavy atom. The van der Waals surface area contributed by atoms with E-state index in [9.17, 15) is 4.79 Å². The molecule has 4 nitrogen and oxygen atoms in total. The normalized spacial score (nSPS) is 20.6. The summed E-state index contributed by atoms with van der Waals surface area (Å²) < 4.78 is 5.35. The number of carbonyl (C=O) groups is 1. The van der Waals surface area contributed by atoms with Gasteiger partial charge < -0.3 is 15.0 Å². The molecule has 1 aliphatic rings. The predicted octanol–water partition coefficient (Wildman–Crippen LogP) is 1.26. The van der Waals surface area contributed by atoms with Gasteiger partial charge in [-0.2, -0.15) is 0 Å². The number of amides is 1. The molecule has 1 unspecified atom stereocenters. The maximum absolute atomic E-state index is 12.3. The second kappa shape index (κ2) is 7.67. The molecule has 1 saturated heterocycles. The van der Waals surface area contributed by atoms with Crippen LogP contribution in [0.1, 0.15) is 33.6 Å². The number of hydrogen-bond acceptors (Lipinski definition) is 3. The van der Waals surface area contributed by atoms with Crippen LogP contribution in [0.5, 0.6) is 0 Å². The van der Waals surface area contributed by atoms with Gasteiger partial charge in [0.25, 0.3) is 0 Å². The van der Waals surface area contributed by atoms with Gasteiger partial charge in [0.15, 0.2) is 0 Å². The highest BCUT2D eigenvalue weighted by Crippen LogP contribution is 2.11. The van der Waals surface area contributed by atoms with Crippen LogP contribution in [0.15, 0.2) is 0 Å². The molecule has 1 atom stereocenters. The van der Waals surface area contributed by atoms with Crippen molar-refractivity contribution in [2.24, 2.45) is 5.92 Å². The fourth-order valence-corrected chi connectivity index (χ4v) is 2.18. The van der Waals surface area contributed by atoms with Gasteiger partial charge in [-0.25, -0.2) is 0 Å². The second-order valence-corrected chi connectivity index (χ2v) is 4.64. The van der Waals surface area contributed by atoms with Gasteiger partial charge in [0.1, 0.15) is 6.04 Å². The molecule has 0 radical (unpaired) electrons. The molecule has 0 aliphatic carbocycles. The number of hydrogen-bond donors (Lipinski definition) is 1. The summed E-state index contributed by atoms with van der Waals surface area (Å²) >= 11 is 0. The number of morpholine rings is 1. The minimum Gasteiger partial charge on any atom is -0.378 e. The Morgan fingerprint density at radius 3 is 2.59 bits per heavy atom. The lowest BCUT2D eigenvalue weighted by Crippen LogP contribution is -2.53. The summed E-state index contributed by atoms with van der Waals surface area (Å²) in [6.45, 7) is 10.1. The van der Waals surface area contributed by atoms with Gasteiger partial charge in [0.05, 0.1) is 13.2 Å². The molecule has 17 heavy (non-hydrogen) atoms. The molecule has 0 aromatic rings. The van der Waals surface area contributed by atoms with E-state index in [0.29, 0.717) is 19.1 Å². The molecule has 1 fully saturated rings. The van der Waals surface area contributed by atoms with E-state index in [2.05, 4.69) is 19.2 Å². The lowest BCUT2D eigenvalue weighted by Gasteiger charge is -2.31. The van der Waals surface area contributed by atoms with Gasteiger partial charge in [-0.15, -0.1) is 0 Å². The van der Waals surface area contributed by atoms with Crippen molar-refractivity contribution in [1.29, 1.82) is 0 Å². The smallest absolute Gasteiger partial charge is 0.242 e. The van der Waals surface area contributed by atoms with Crippen LogP contribution in [-0.2, 0) is 9.53 Å². The highest BCUT2D eigenvalue weighted by Gasteiger charge is 2.26. The maximum Gasteiger partial charge on any atom is 0.242 e. The minimum atomic E-state index is -0.141. The van der Waals surface area contributed by atoms with E-state index in [1.165, 1.54) is 0 Å². The first kappa shape index (κ1) is 14.5. The Morgan fingerprint density at radius 1 is 1.41 bits per heavy atom. The van der Waals surface area contributed by atoms with E-state index in [1.54, 1.807) is 0 Å². The van der Waals surface area contributed by atoms with E-state index in [-0.39, 0.29) is 11.9 Å². The average Bonchev–Trinajstić information content (AvgIpc) is 2.40. The van der Waals surface area contributed by atoms with Crippen LogP contribution in [0.25, 0.3) is 0 Å². The van der Waals surface area contributed by atoms with E-state index in [1.807, 2.05) is 11.8 Å². The second-order valence-electron chi connectivity index (χ2n) is 4.64. The molecule has 0 saturated carbocycles. The molecule has 100 valence electrons. The van der Waals surface area contributed by atoms with Crippen molar-refractivity contribution in [3.63, 3.8) is 0 Å². The van der Waals surface area contributed by atoms with E-state index < -0.39 is 0 Å². The average molecular weight is 242 g/mol. The summed E-state index contributed by atoms with van der Waals surface area (Å²) in [4.78, 5) is 14.2. The fraction of sp³-hybridized carbons (Fsp3) is 0.923.